The lowest BCUT2D eigenvalue weighted by Crippen LogP contribution is -2.10. The van der Waals surface area contributed by atoms with Crippen molar-refractivity contribution in [2.75, 3.05) is 5.75 Å². The minimum Gasteiger partial charge on any atom is -0.383 e. The molecule has 3 N–H and O–H groups in total. The van der Waals surface area contributed by atoms with Gasteiger partial charge < -0.3 is 5.73 Å². The van der Waals surface area contributed by atoms with Crippen molar-refractivity contribution in [3.63, 3.8) is 0 Å². The van der Waals surface area contributed by atoms with Crippen molar-refractivity contribution in [3.05, 3.63) is 29.3 Å². The molecule has 2 rings (SSSR count). The van der Waals surface area contributed by atoms with Crippen LogP contribution in [0.2, 0.25) is 0 Å². The molecule has 3 nitrogen and oxygen atoms in total. The Bertz CT molecular complexity index is 480. The molecule has 0 bridgehead atoms. The normalized spacial score (nSPS) is 13.6. The Morgan fingerprint density at radius 1 is 1.22 bits per heavy atom. The van der Waals surface area contributed by atoms with Gasteiger partial charge in [-0.1, -0.05) is 26.2 Å². The smallest absolute Gasteiger partial charge is 0.154 e. The molecule has 1 aliphatic rings. The van der Waals surface area contributed by atoms with Crippen molar-refractivity contribution in [2.45, 2.75) is 37.5 Å². The molecule has 0 spiro atoms. The minimum absolute atomic E-state index is 0.288. The van der Waals surface area contributed by atoms with Crippen LogP contribution in [0.3, 0.4) is 0 Å². The van der Waals surface area contributed by atoms with Gasteiger partial charge in [0.25, 0.3) is 0 Å². The van der Waals surface area contributed by atoms with E-state index in [1.807, 2.05) is 23.9 Å². The van der Waals surface area contributed by atoms with Crippen LogP contribution in [-0.4, -0.2) is 17.4 Å². The zero-order chi connectivity index (χ0) is 13.0. The predicted octanol–water partition coefficient (Wildman–Crippen LogP) is 3.40. The number of hydrogen-bond acceptors (Lipinski definition) is 3. The van der Waals surface area contributed by atoms with E-state index in [1.165, 1.54) is 30.6 Å². The first kappa shape index (κ1) is 13.1. The third-order valence-corrected chi connectivity index (χ3v) is 4.10. The number of fused-ring (bicyclic) bond motifs is 1. The first-order chi connectivity index (χ1) is 8.72. The molecule has 0 unspecified atom stereocenters. The molecule has 0 aromatic heterocycles. The maximum absolute atomic E-state index is 7.75. The van der Waals surface area contributed by atoms with E-state index >= 15 is 0 Å². The highest BCUT2D eigenvalue weighted by atomic mass is 32.2. The molecule has 18 heavy (non-hydrogen) atoms. The second-order valence-electron chi connectivity index (χ2n) is 4.46. The fourth-order valence-corrected chi connectivity index (χ4v) is 2.94. The summed E-state index contributed by atoms with van der Waals surface area (Å²) < 4.78 is 0. The van der Waals surface area contributed by atoms with Gasteiger partial charge in [-0.2, -0.15) is 0 Å². The Morgan fingerprint density at radius 2 is 2.06 bits per heavy atom. The number of aliphatic imine (C=N–C) groups is 1. The number of amidine groups is 2. The zero-order valence-corrected chi connectivity index (χ0v) is 11.5. The molecular weight excluding hydrogens is 242 g/mol. The van der Waals surface area contributed by atoms with Crippen LogP contribution in [0.5, 0.6) is 0 Å². The molecule has 1 aromatic carbocycles. The second kappa shape index (κ2) is 6.05. The summed E-state index contributed by atoms with van der Waals surface area (Å²) in [6, 6.07) is 6.08. The first-order valence-corrected chi connectivity index (χ1v) is 7.41. The quantitative estimate of drug-likeness (QED) is 0.609. The van der Waals surface area contributed by atoms with Crippen molar-refractivity contribution >= 4 is 23.4 Å². The molecule has 96 valence electrons. The number of nitrogens with one attached hydrogen (secondary N) is 1. The Labute approximate surface area is 112 Å². The van der Waals surface area contributed by atoms with Gasteiger partial charge in [0.05, 0.1) is 0 Å². The summed E-state index contributed by atoms with van der Waals surface area (Å²) in [4.78, 5) is 5.20. The number of nitrogens with zero attached hydrogens (tertiary/aromatic N) is 1. The topological polar surface area (TPSA) is 62.2 Å². The maximum Gasteiger partial charge on any atom is 0.154 e. The molecule has 1 heterocycles. The Morgan fingerprint density at radius 3 is 2.83 bits per heavy atom. The van der Waals surface area contributed by atoms with Gasteiger partial charge in [0.15, 0.2) is 5.84 Å². The van der Waals surface area contributed by atoms with E-state index in [1.54, 1.807) is 0 Å². The van der Waals surface area contributed by atoms with Gasteiger partial charge in [-0.05, 0) is 30.4 Å². The van der Waals surface area contributed by atoms with Crippen LogP contribution < -0.4 is 5.73 Å². The van der Waals surface area contributed by atoms with E-state index in [9.17, 15) is 0 Å². The van der Waals surface area contributed by atoms with Crippen LogP contribution in [0.15, 0.2) is 28.1 Å². The lowest BCUT2D eigenvalue weighted by atomic mass is 10.1. The molecular formula is C14H19N3S. The van der Waals surface area contributed by atoms with Crippen molar-refractivity contribution < 1.29 is 0 Å². The lowest BCUT2D eigenvalue weighted by Gasteiger charge is -2.04. The van der Waals surface area contributed by atoms with Gasteiger partial charge in [-0.3, -0.25) is 5.41 Å². The predicted molar refractivity (Wildman–Crippen MR) is 78.9 cm³/mol. The number of thioether (sulfide) groups is 1. The number of hydrogen-bond donors (Lipinski definition) is 2. The largest absolute Gasteiger partial charge is 0.383 e. The van der Waals surface area contributed by atoms with E-state index in [-0.39, 0.29) is 5.84 Å². The van der Waals surface area contributed by atoms with E-state index in [4.69, 9.17) is 11.1 Å². The zero-order valence-electron chi connectivity index (χ0n) is 10.7. The summed E-state index contributed by atoms with van der Waals surface area (Å²) in [6.07, 6.45) is 5.16. The van der Waals surface area contributed by atoms with E-state index in [0.717, 1.165) is 16.9 Å². The number of rotatable bonds is 6. The molecule has 1 aromatic rings. The standard InChI is InChI=1S/C14H19N3S/c1-2-3-4-5-8-18-10-6-7-11-12(9-10)14(16)17-13(11)15/h6-7,9H,2-5,8H2,1H3,(H3,15,16,17). The second-order valence-corrected chi connectivity index (χ2v) is 5.63. The van der Waals surface area contributed by atoms with Gasteiger partial charge in [0, 0.05) is 16.0 Å². The molecule has 1 aliphatic heterocycles. The molecule has 0 radical (unpaired) electrons. The third-order valence-electron chi connectivity index (χ3n) is 3.02. The monoisotopic (exact) mass is 261 g/mol. The highest BCUT2D eigenvalue weighted by Crippen LogP contribution is 2.25. The number of benzene rings is 1. The summed E-state index contributed by atoms with van der Waals surface area (Å²) in [5, 5.41) is 7.75. The van der Waals surface area contributed by atoms with Crippen LogP contribution in [-0.2, 0) is 0 Å². The summed E-state index contributed by atoms with van der Waals surface area (Å²) in [6.45, 7) is 2.23. The van der Waals surface area contributed by atoms with Gasteiger partial charge in [0.1, 0.15) is 5.84 Å². The minimum atomic E-state index is 0.288. The average molecular weight is 261 g/mol. The highest BCUT2D eigenvalue weighted by molar-refractivity contribution is 7.99. The van der Waals surface area contributed by atoms with Gasteiger partial charge in [-0.25, -0.2) is 4.99 Å². The Balaban J connectivity index is 1.93. The average Bonchev–Trinajstić information content (AvgIpc) is 2.65. The highest BCUT2D eigenvalue weighted by Gasteiger charge is 2.18. The molecule has 0 saturated carbocycles. The molecule has 0 amide bonds. The van der Waals surface area contributed by atoms with Gasteiger partial charge >= 0.3 is 0 Å². The van der Waals surface area contributed by atoms with Gasteiger partial charge in [0.2, 0.25) is 0 Å². The number of unbranched alkanes of at least 4 members (excludes halogenated alkanes) is 3. The Hall–Kier alpha value is -1.29. The molecule has 0 fully saturated rings. The van der Waals surface area contributed by atoms with Crippen LogP contribution in [0.25, 0.3) is 0 Å². The van der Waals surface area contributed by atoms with Gasteiger partial charge in [-0.15, -0.1) is 11.8 Å². The summed E-state index contributed by atoms with van der Waals surface area (Å²) >= 11 is 1.85. The summed E-state index contributed by atoms with van der Waals surface area (Å²) in [7, 11) is 0. The molecule has 0 atom stereocenters. The SMILES string of the molecule is CCCCCCSc1ccc2c(c1)C(=N)N=C2N. The van der Waals surface area contributed by atoms with Crippen molar-refractivity contribution in [1.29, 1.82) is 5.41 Å². The van der Waals surface area contributed by atoms with Crippen molar-refractivity contribution in [3.8, 4) is 0 Å². The molecule has 0 saturated heterocycles. The van der Waals surface area contributed by atoms with Crippen molar-refractivity contribution in [2.24, 2.45) is 10.7 Å². The molecule has 4 heteroatoms. The summed E-state index contributed by atoms with van der Waals surface area (Å²) in [5.74, 6) is 1.90. The third kappa shape index (κ3) is 2.93. The van der Waals surface area contributed by atoms with E-state index in [2.05, 4.69) is 18.0 Å². The fourth-order valence-electron chi connectivity index (χ4n) is 1.99. The van der Waals surface area contributed by atoms with E-state index in [0.29, 0.717) is 5.84 Å². The first-order valence-electron chi connectivity index (χ1n) is 6.42. The van der Waals surface area contributed by atoms with Crippen LogP contribution in [0, 0.1) is 5.41 Å². The fraction of sp³-hybridized carbons (Fsp3) is 0.429. The lowest BCUT2D eigenvalue weighted by molar-refractivity contribution is 0.706. The van der Waals surface area contributed by atoms with E-state index < -0.39 is 0 Å². The van der Waals surface area contributed by atoms with Crippen molar-refractivity contribution in [1.82, 2.24) is 0 Å². The Kier molecular flexibility index (Phi) is 4.42. The number of nitrogens with two attached hydrogens (primary N) is 1. The van der Waals surface area contributed by atoms with Crippen LogP contribution in [0.4, 0.5) is 0 Å². The van der Waals surface area contributed by atoms with Crippen LogP contribution >= 0.6 is 11.8 Å². The van der Waals surface area contributed by atoms with Crippen LogP contribution in [0.1, 0.15) is 43.7 Å². The molecule has 0 aliphatic carbocycles. The summed E-state index contributed by atoms with van der Waals surface area (Å²) in [5.41, 5.74) is 7.51. The maximum atomic E-state index is 7.75.